The van der Waals surface area contributed by atoms with E-state index in [9.17, 15) is 0 Å². The van der Waals surface area contributed by atoms with Crippen molar-refractivity contribution in [3.8, 4) is 0 Å². The largest absolute Gasteiger partial charge is 0.265 e. The van der Waals surface area contributed by atoms with Crippen LogP contribution in [0, 0.1) is 17.3 Å². The fourth-order valence-corrected chi connectivity index (χ4v) is 2.48. The first-order chi connectivity index (χ1) is 8.84. The summed E-state index contributed by atoms with van der Waals surface area (Å²) >= 11 is 0. The molecule has 1 rings (SSSR count). The molecule has 0 fully saturated rings. The van der Waals surface area contributed by atoms with Crippen molar-refractivity contribution in [2.24, 2.45) is 22.2 Å². The van der Waals surface area contributed by atoms with Crippen molar-refractivity contribution in [2.75, 3.05) is 0 Å². The lowest BCUT2D eigenvalue weighted by Gasteiger charge is -2.22. The second-order valence-corrected chi connectivity index (χ2v) is 6.94. The molecule has 0 saturated carbocycles. The fourth-order valence-electron chi connectivity index (χ4n) is 2.48. The van der Waals surface area contributed by atoms with E-state index in [2.05, 4.69) is 59.9 Å². The van der Waals surface area contributed by atoms with Gasteiger partial charge in [0.15, 0.2) is 0 Å². The Hall–Kier alpha value is -0.850. The maximum atomic E-state index is 4.78. The first-order valence-corrected chi connectivity index (χ1v) is 7.80. The molecule has 0 bridgehead atoms. The molecule has 1 heteroatoms. The van der Waals surface area contributed by atoms with E-state index in [0.717, 1.165) is 18.3 Å². The zero-order valence-corrected chi connectivity index (χ0v) is 13.7. The van der Waals surface area contributed by atoms with Crippen LogP contribution in [-0.2, 0) is 0 Å². The molecule has 0 radical (unpaired) electrons. The van der Waals surface area contributed by atoms with Crippen LogP contribution in [0.3, 0.4) is 0 Å². The molecule has 0 saturated heterocycles. The Bertz CT molecular complexity index is 373. The van der Waals surface area contributed by atoms with Crippen molar-refractivity contribution in [2.45, 2.75) is 67.2 Å². The lowest BCUT2D eigenvalue weighted by atomic mass is 9.83. The molecule has 0 aromatic carbocycles. The summed E-state index contributed by atoms with van der Waals surface area (Å²) in [6, 6.07) is 0. The summed E-state index contributed by atoms with van der Waals surface area (Å²) in [6.07, 6.45) is 11.6. The zero-order chi connectivity index (χ0) is 14.5. The van der Waals surface area contributed by atoms with Gasteiger partial charge in [0.25, 0.3) is 0 Å². The van der Waals surface area contributed by atoms with Crippen molar-refractivity contribution in [3.63, 3.8) is 0 Å². The molecule has 0 aliphatic carbocycles. The third kappa shape index (κ3) is 5.76. The summed E-state index contributed by atoms with van der Waals surface area (Å²) in [5, 5.41) is 0. The van der Waals surface area contributed by atoms with E-state index >= 15 is 0 Å². The number of hydrogen-bond donors (Lipinski definition) is 0. The highest BCUT2D eigenvalue weighted by Crippen LogP contribution is 2.30. The maximum absolute atomic E-state index is 4.78. The van der Waals surface area contributed by atoms with Gasteiger partial charge in [-0.2, -0.15) is 0 Å². The van der Waals surface area contributed by atoms with E-state index in [4.69, 9.17) is 4.99 Å². The summed E-state index contributed by atoms with van der Waals surface area (Å²) in [5.41, 5.74) is 2.74. The standard InChI is InChI=1S/C18H31N/c1-7-15(4)10-17-11-16(5)12-18(6,13-19-17)9-8-14(2)3/h11-15H,7-10H2,1-6H3. The van der Waals surface area contributed by atoms with Gasteiger partial charge in [0.2, 0.25) is 0 Å². The van der Waals surface area contributed by atoms with E-state index in [1.807, 2.05) is 0 Å². The molecule has 0 aromatic heterocycles. The minimum Gasteiger partial charge on any atom is -0.265 e. The van der Waals surface area contributed by atoms with Crippen LogP contribution in [0.4, 0.5) is 0 Å². The third-order valence-corrected chi connectivity index (χ3v) is 3.99. The fraction of sp³-hybridized carbons (Fsp3) is 0.722. The highest BCUT2D eigenvalue weighted by molar-refractivity contribution is 5.71. The van der Waals surface area contributed by atoms with Gasteiger partial charge >= 0.3 is 0 Å². The first kappa shape index (κ1) is 16.2. The van der Waals surface area contributed by atoms with Gasteiger partial charge in [-0.05, 0) is 44.1 Å². The zero-order valence-electron chi connectivity index (χ0n) is 13.7. The van der Waals surface area contributed by atoms with E-state index in [1.165, 1.54) is 30.5 Å². The molecule has 1 aliphatic heterocycles. The highest BCUT2D eigenvalue weighted by atomic mass is 14.7. The average molecular weight is 261 g/mol. The van der Waals surface area contributed by atoms with Gasteiger partial charge in [0, 0.05) is 17.3 Å². The van der Waals surface area contributed by atoms with Crippen LogP contribution in [0.2, 0.25) is 0 Å². The number of nitrogens with zero attached hydrogens (tertiary/aromatic N) is 1. The van der Waals surface area contributed by atoms with E-state index in [1.54, 1.807) is 0 Å². The van der Waals surface area contributed by atoms with Gasteiger partial charge in [0.05, 0.1) is 0 Å². The van der Waals surface area contributed by atoms with Crippen LogP contribution in [0.25, 0.3) is 0 Å². The number of rotatable bonds is 6. The molecule has 19 heavy (non-hydrogen) atoms. The van der Waals surface area contributed by atoms with Gasteiger partial charge in [0.1, 0.15) is 0 Å². The van der Waals surface area contributed by atoms with Crippen LogP contribution in [0.5, 0.6) is 0 Å². The van der Waals surface area contributed by atoms with E-state index in [0.29, 0.717) is 0 Å². The minimum absolute atomic E-state index is 0.127. The summed E-state index contributed by atoms with van der Waals surface area (Å²) < 4.78 is 0. The van der Waals surface area contributed by atoms with Gasteiger partial charge in [-0.25, -0.2) is 0 Å². The molecule has 2 unspecified atom stereocenters. The van der Waals surface area contributed by atoms with Gasteiger partial charge in [-0.1, -0.05) is 52.7 Å². The van der Waals surface area contributed by atoms with Crippen LogP contribution in [0.15, 0.2) is 28.4 Å². The Balaban J connectivity index is 2.78. The Morgan fingerprint density at radius 2 is 1.95 bits per heavy atom. The van der Waals surface area contributed by atoms with Crippen molar-refractivity contribution in [3.05, 3.63) is 23.4 Å². The second kappa shape index (κ2) is 7.07. The summed E-state index contributed by atoms with van der Waals surface area (Å²) in [7, 11) is 0. The Labute approximate surface area is 119 Å². The SMILES string of the molecule is CCC(C)CC1=CC(C)=CC(C)(CCC(C)C)C=N1. The first-order valence-electron chi connectivity index (χ1n) is 7.80. The number of aliphatic imine (C=N–C) groups is 1. The normalized spacial score (nSPS) is 25.0. The molecule has 2 atom stereocenters. The van der Waals surface area contributed by atoms with Crippen LogP contribution in [0.1, 0.15) is 67.2 Å². The third-order valence-electron chi connectivity index (χ3n) is 3.99. The Morgan fingerprint density at radius 3 is 2.53 bits per heavy atom. The molecular formula is C18H31N. The summed E-state index contributed by atoms with van der Waals surface area (Å²) in [5.74, 6) is 1.48. The molecule has 1 heterocycles. The molecule has 0 N–H and O–H groups in total. The number of hydrogen-bond acceptors (Lipinski definition) is 1. The molecule has 0 aromatic rings. The smallest absolute Gasteiger partial charge is 0.0405 e. The summed E-state index contributed by atoms with van der Waals surface area (Å²) in [4.78, 5) is 4.78. The van der Waals surface area contributed by atoms with Gasteiger partial charge in [-0.3, -0.25) is 4.99 Å². The lowest BCUT2D eigenvalue weighted by Crippen LogP contribution is -2.16. The maximum Gasteiger partial charge on any atom is 0.0405 e. The lowest BCUT2D eigenvalue weighted by molar-refractivity contribution is 0.453. The van der Waals surface area contributed by atoms with Crippen molar-refractivity contribution >= 4 is 6.21 Å². The van der Waals surface area contributed by atoms with E-state index in [-0.39, 0.29) is 5.41 Å². The van der Waals surface area contributed by atoms with Crippen LogP contribution < -0.4 is 0 Å². The minimum atomic E-state index is 0.127. The quantitative estimate of drug-likeness (QED) is 0.574. The van der Waals surface area contributed by atoms with Gasteiger partial charge in [-0.15, -0.1) is 0 Å². The summed E-state index contributed by atoms with van der Waals surface area (Å²) in [6.45, 7) is 13.7. The van der Waals surface area contributed by atoms with Gasteiger partial charge < -0.3 is 0 Å². The average Bonchev–Trinajstić information content (AvgIpc) is 2.46. The van der Waals surface area contributed by atoms with E-state index < -0.39 is 0 Å². The van der Waals surface area contributed by atoms with Crippen molar-refractivity contribution in [1.82, 2.24) is 0 Å². The highest BCUT2D eigenvalue weighted by Gasteiger charge is 2.21. The topological polar surface area (TPSA) is 12.4 Å². The van der Waals surface area contributed by atoms with Crippen LogP contribution in [-0.4, -0.2) is 6.21 Å². The second-order valence-electron chi connectivity index (χ2n) is 6.94. The molecule has 1 nitrogen and oxygen atoms in total. The Morgan fingerprint density at radius 1 is 1.26 bits per heavy atom. The predicted molar refractivity (Wildman–Crippen MR) is 86.6 cm³/mol. The molecule has 1 aliphatic rings. The number of allylic oxidation sites excluding steroid dienone is 4. The van der Waals surface area contributed by atoms with Crippen molar-refractivity contribution in [1.29, 1.82) is 0 Å². The van der Waals surface area contributed by atoms with Crippen LogP contribution >= 0.6 is 0 Å². The monoisotopic (exact) mass is 261 g/mol. The molecule has 108 valence electrons. The molecule has 0 spiro atoms. The Kier molecular flexibility index (Phi) is 6.03. The predicted octanol–water partition coefficient (Wildman–Crippen LogP) is 5.78. The molecular weight excluding hydrogens is 230 g/mol. The molecule has 0 amide bonds. The van der Waals surface area contributed by atoms with Crippen molar-refractivity contribution < 1.29 is 0 Å².